The molecule has 1 aliphatic rings. The predicted molar refractivity (Wildman–Crippen MR) is 105 cm³/mol. The highest BCUT2D eigenvalue weighted by atomic mass is 79.9. The molecule has 1 fully saturated rings. The van der Waals surface area contributed by atoms with E-state index in [1.165, 1.54) is 17.8 Å². The zero-order valence-corrected chi connectivity index (χ0v) is 16.7. The first-order valence-corrected chi connectivity index (χ1v) is 9.87. The molecule has 1 aliphatic heterocycles. The van der Waals surface area contributed by atoms with Gasteiger partial charge in [-0.25, -0.2) is 0 Å². The fourth-order valence-corrected chi connectivity index (χ4v) is 4.32. The number of benzene rings is 1. The van der Waals surface area contributed by atoms with E-state index in [0.717, 1.165) is 26.0 Å². The van der Waals surface area contributed by atoms with Crippen molar-refractivity contribution < 1.29 is 14.0 Å². The number of carbonyl (C=O) groups excluding carboxylic acids is 2. The summed E-state index contributed by atoms with van der Waals surface area (Å²) in [7, 11) is 0. The molecule has 2 heterocycles. The maximum Gasteiger partial charge on any atom is 0.293 e. The lowest BCUT2D eigenvalue weighted by Crippen LogP contribution is -2.27. The lowest BCUT2D eigenvalue weighted by molar-refractivity contribution is -0.122. The molecular formula is C17H11BrClNO3S2. The lowest BCUT2D eigenvalue weighted by atomic mass is 10.3. The largest absolute Gasteiger partial charge is 0.449 e. The van der Waals surface area contributed by atoms with E-state index in [1.807, 2.05) is 12.1 Å². The number of nitrogens with zero attached hydrogens (tertiary/aromatic N) is 1. The minimum atomic E-state index is -0.339. The van der Waals surface area contributed by atoms with Crippen LogP contribution in [0.15, 0.2) is 66.8 Å². The summed E-state index contributed by atoms with van der Waals surface area (Å²) in [6, 6.07) is 9.15. The van der Waals surface area contributed by atoms with Gasteiger partial charge in [-0.15, -0.1) is 6.58 Å². The fourth-order valence-electron chi connectivity index (χ4n) is 2.04. The third-order valence-electron chi connectivity index (χ3n) is 3.16. The quantitative estimate of drug-likeness (QED) is 0.404. The Balaban J connectivity index is 1.80. The average Bonchev–Trinajstić information content (AvgIpc) is 3.04. The van der Waals surface area contributed by atoms with Crippen LogP contribution in [0.5, 0.6) is 0 Å². The Morgan fingerprint density at radius 3 is 2.72 bits per heavy atom. The second kappa shape index (κ2) is 7.86. The fraction of sp³-hybridized carbons (Fsp3) is 0.0588. The van der Waals surface area contributed by atoms with Gasteiger partial charge in [0, 0.05) is 22.5 Å². The topological polar surface area (TPSA) is 50.5 Å². The average molecular weight is 457 g/mol. The molecule has 128 valence electrons. The molecule has 4 nitrogen and oxygen atoms in total. The van der Waals surface area contributed by atoms with Gasteiger partial charge in [-0.1, -0.05) is 29.4 Å². The third-order valence-corrected chi connectivity index (χ3v) is 6.16. The molecule has 0 N–H and O–H groups in total. The van der Waals surface area contributed by atoms with Crippen LogP contribution in [0.25, 0.3) is 6.08 Å². The van der Waals surface area contributed by atoms with Crippen LogP contribution in [0.2, 0.25) is 5.02 Å². The highest BCUT2D eigenvalue weighted by molar-refractivity contribution is 9.10. The molecule has 0 spiro atoms. The predicted octanol–water partition coefficient (Wildman–Crippen LogP) is 6.07. The summed E-state index contributed by atoms with van der Waals surface area (Å²) >= 11 is 11.7. The van der Waals surface area contributed by atoms with Gasteiger partial charge in [0.2, 0.25) is 0 Å². The lowest BCUT2D eigenvalue weighted by Gasteiger charge is -2.07. The Labute approximate surface area is 166 Å². The Kier molecular flexibility index (Phi) is 5.78. The van der Waals surface area contributed by atoms with Crippen LogP contribution in [0, 0.1) is 0 Å². The van der Waals surface area contributed by atoms with Crippen molar-refractivity contribution in [3.8, 4) is 0 Å². The summed E-state index contributed by atoms with van der Waals surface area (Å²) in [6.07, 6.45) is 3.09. The molecule has 3 rings (SSSR count). The van der Waals surface area contributed by atoms with Gasteiger partial charge < -0.3 is 4.42 Å². The maximum atomic E-state index is 12.2. The summed E-state index contributed by atoms with van der Waals surface area (Å²) in [4.78, 5) is 26.5. The molecule has 1 aromatic carbocycles. The van der Waals surface area contributed by atoms with Gasteiger partial charge in [-0.05, 0) is 58.0 Å². The van der Waals surface area contributed by atoms with E-state index in [1.54, 1.807) is 24.3 Å². The van der Waals surface area contributed by atoms with E-state index in [9.17, 15) is 9.59 Å². The summed E-state index contributed by atoms with van der Waals surface area (Å²) in [6.45, 7) is 3.75. The molecule has 0 radical (unpaired) electrons. The van der Waals surface area contributed by atoms with Crippen LogP contribution < -0.4 is 0 Å². The van der Waals surface area contributed by atoms with Crippen molar-refractivity contribution in [3.05, 3.63) is 63.1 Å². The van der Waals surface area contributed by atoms with Crippen LogP contribution in [-0.2, 0) is 4.79 Å². The molecule has 0 unspecified atom stereocenters. The van der Waals surface area contributed by atoms with Gasteiger partial charge in [0.15, 0.2) is 5.09 Å². The van der Waals surface area contributed by atoms with Crippen molar-refractivity contribution in [1.29, 1.82) is 0 Å². The van der Waals surface area contributed by atoms with E-state index in [2.05, 4.69) is 22.5 Å². The zero-order chi connectivity index (χ0) is 18.0. The molecule has 2 amide bonds. The minimum absolute atomic E-state index is 0.196. The van der Waals surface area contributed by atoms with Crippen LogP contribution >= 0.6 is 51.1 Å². The van der Waals surface area contributed by atoms with Gasteiger partial charge in [0.25, 0.3) is 11.1 Å². The first-order valence-electron chi connectivity index (χ1n) is 7.07. The van der Waals surface area contributed by atoms with Gasteiger partial charge >= 0.3 is 0 Å². The summed E-state index contributed by atoms with van der Waals surface area (Å²) in [5.74, 6) is 0.154. The highest BCUT2D eigenvalue weighted by Crippen LogP contribution is 2.38. The Morgan fingerprint density at radius 1 is 1.32 bits per heavy atom. The minimum Gasteiger partial charge on any atom is -0.449 e. The molecule has 0 atom stereocenters. The summed E-state index contributed by atoms with van der Waals surface area (Å²) in [5, 5.41) is 1.01. The molecule has 0 bridgehead atoms. The highest BCUT2D eigenvalue weighted by Gasteiger charge is 2.34. The van der Waals surface area contributed by atoms with Gasteiger partial charge in [0.1, 0.15) is 5.76 Å². The molecule has 0 saturated carbocycles. The van der Waals surface area contributed by atoms with Crippen molar-refractivity contribution in [3.63, 3.8) is 0 Å². The van der Waals surface area contributed by atoms with E-state index < -0.39 is 0 Å². The molecule has 25 heavy (non-hydrogen) atoms. The smallest absolute Gasteiger partial charge is 0.293 e. The normalized spacial score (nSPS) is 16.1. The van der Waals surface area contributed by atoms with Crippen molar-refractivity contribution in [2.24, 2.45) is 0 Å². The third kappa shape index (κ3) is 4.23. The number of furan rings is 1. The standard InChI is InChI=1S/C17H11BrClNO3S2/c1-2-7-20-15(21)14(25-17(20)22)9-11-8-13(18)16(23-11)24-12-5-3-10(19)4-6-12/h2-6,8-9H,1,7H2/b14-9+. The van der Waals surface area contributed by atoms with Crippen molar-refractivity contribution >= 4 is 68.3 Å². The Bertz CT molecular complexity index is 877. The molecular weight excluding hydrogens is 446 g/mol. The number of imide groups is 1. The molecule has 1 saturated heterocycles. The summed E-state index contributed by atoms with van der Waals surface area (Å²) in [5.41, 5.74) is 0. The van der Waals surface area contributed by atoms with E-state index in [0.29, 0.717) is 20.8 Å². The molecule has 0 aliphatic carbocycles. The number of halogens is 2. The molecule has 8 heteroatoms. The van der Waals surface area contributed by atoms with E-state index in [-0.39, 0.29) is 17.7 Å². The van der Waals surface area contributed by atoms with E-state index in [4.69, 9.17) is 16.0 Å². The second-order valence-corrected chi connectivity index (χ2v) is 8.25. The molecule has 2 aromatic rings. The van der Waals surface area contributed by atoms with Crippen molar-refractivity contribution in [2.45, 2.75) is 9.99 Å². The number of hydrogen-bond acceptors (Lipinski definition) is 5. The maximum absolute atomic E-state index is 12.2. The van der Waals surface area contributed by atoms with Gasteiger partial charge in [-0.2, -0.15) is 0 Å². The van der Waals surface area contributed by atoms with Crippen molar-refractivity contribution in [1.82, 2.24) is 4.90 Å². The number of amides is 2. The van der Waals surface area contributed by atoms with Crippen LogP contribution in [0.1, 0.15) is 5.76 Å². The number of rotatable bonds is 5. The van der Waals surface area contributed by atoms with E-state index >= 15 is 0 Å². The van der Waals surface area contributed by atoms with Crippen LogP contribution in [-0.4, -0.2) is 22.6 Å². The van der Waals surface area contributed by atoms with Crippen LogP contribution in [0.3, 0.4) is 0 Å². The first kappa shape index (κ1) is 18.4. The van der Waals surface area contributed by atoms with Gasteiger partial charge in [-0.3, -0.25) is 14.5 Å². The summed E-state index contributed by atoms with van der Waals surface area (Å²) < 4.78 is 6.55. The van der Waals surface area contributed by atoms with Crippen molar-refractivity contribution in [2.75, 3.05) is 6.54 Å². The van der Waals surface area contributed by atoms with Crippen LogP contribution in [0.4, 0.5) is 4.79 Å². The Hall–Kier alpha value is -1.41. The molecule has 1 aromatic heterocycles. The van der Waals surface area contributed by atoms with Gasteiger partial charge in [0.05, 0.1) is 9.38 Å². The zero-order valence-electron chi connectivity index (χ0n) is 12.7. The number of carbonyl (C=O) groups is 2. The number of hydrogen-bond donors (Lipinski definition) is 0. The monoisotopic (exact) mass is 455 g/mol. The first-order chi connectivity index (χ1) is 12.0. The number of thioether (sulfide) groups is 1. The Morgan fingerprint density at radius 2 is 2.04 bits per heavy atom. The second-order valence-electron chi connectivity index (χ2n) is 4.92. The SMILES string of the molecule is C=CCN1C(=O)S/C(=C/c2cc(Br)c(Sc3ccc(Cl)cc3)o2)C1=O.